The zero-order chi connectivity index (χ0) is 13.1. The highest BCUT2D eigenvalue weighted by Crippen LogP contribution is 2.30. The van der Waals surface area contributed by atoms with Gasteiger partial charge in [-0.3, -0.25) is 9.59 Å². The number of aromatic nitrogens is 2. The van der Waals surface area contributed by atoms with E-state index in [1.165, 1.54) is 13.4 Å². The second kappa shape index (κ2) is 5.07. The lowest BCUT2D eigenvalue weighted by Gasteiger charge is -2.25. The maximum atomic E-state index is 11.6. The number of H-pyrrole nitrogens is 1. The number of nitrogens with zero attached hydrogens (tertiary/aromatic N) is 2. The molecule has 0 radical (unpaired) electrons. The van der Waals surface area contributed by atoms with Crippen LogP contribution in [0.3, 0.4) is 0 Å². The number of aromatic amines is 1. The Balaban J connectivity index is 2.33. The number of carbonyl (C=O) groups is 1. The van der Waals surface area contributed by atoms with Gasteiger partial charge in [-0.15, -0.1) is 0 Å². The van der Waals surface area contributed by atoms with Gasteiger partial charge in [0.2, 0.25) is 5.75 Å². The molecular formula is C11H15N3O4. The van der Waals surface area contributed by atoms with Crippen LogP contribution in [-0.2, 0) is 4.79 Å². The molecule has 1 saturated heterocycles. The summed E-state index contributed by atoms with van der Waals surface area (Å²) < 4.78 is 5.05. The van der Waals surface area contributed by atoms with Crippen molar-refractivity contribution in [3.63, 3.8) is 0 Å². The number of rotatable bonds is 4. The van der Waals surface area contributed by atoms with Crippen LogP contribution in [0.25, 0.3) is 0 Å². The summed E-state index contributed by atoms with van der Waals surface area (Å²) in [5.41, 5.74) is -0.358. The summed E-state index contributed by atoms with van der Waals surface area (Å²) in [5, 5.41) is 8.87. The molecule has 98 valence electrons. The van der Waals surface area contributed by atoms with E-state index in [0.29, 0.717) is 12.4 Å². The number of carboxylic acids is 1. The third kappa shape index (κ3) is 2.29. The first-order chi connectivity index (χ1) is 8.63. The minimum absolute atomic E-state index is 0.0393. The van der Waals surface area contributed by atoms with Gasteiger partial charge in [-0.2, -0.15) is 0 Å². The standard InChI is InChI=1S/C11H15N3O4/c1-18-9-10(12-6-13-11(9)17)14-4-2-3-7(14)5-8(15)16/h6-7H,2-5H2,1H3,(H,15,16)(H,12,13,17). The molecule has 7 heteroatoms. The fourth-order valence-electron chi connectivity index (χ4n) is 2.29. The van der Waals surface area contributed by atoms with Gasteiger partial charge in [0.15, 0.2) is 5.82 Å². The van der Waals surface area contributed by atoms with E-state index in [4.69, 9.17) is 9.84 Å². The van der Waals surface area contributed by atoms with Crippen LogP contribution in [0.15, 0.2) is 11.1 Å². The van der Waals surface area contributed by atoms with E-state index in [0.717, 1.165) is 12.8 Å². The van der Waals surface area contributed by atoms with Crippen LogP contribution in [-0.4, -0.2) is 40.7 Å². The summed E-state index contributed by atoms with van der Waals surface area (Å²) in [4.78, 5) is 30.8. The van der Waals surface area contributed by atoms with Gasteiger partial charge in [-0.05, 0) is 12.8 Å². The fraction of sp³-hybridized carbons (Fsp3) is 0.545. The predicted octanol–water partition coefficient (Wildman–Crippen LogP) is 0.222. The van der Waals surface area contributed by atoms with Crippen molar-refractivity contribution in [3.8, 4) is 5.75 Å². The summed E-state index contributed by atoms with van der Waals surface area (Å²) in [6, 6.07) is -0.134. The highest BCUT2D eigenvalue weighted by atomic mass is 16.5. The Bertz CT molecular complexity index is 499. The van der Waals surface area contributed by atoms with Crippen LogP contribution in [0.4, 0.5) is 5.82 Å². The number of aliphatic carboxylic acids is 1. The van der Waals surface area contributed by atoms with E-state index >= 15 is 0 Å². The molecule has 1 aromatic rings. The van der Waals surface area contributed by atoms with Crippen molar-refractivity contribution in [2.24, 2.45) is 0 Å². The van der Waals surface area contributed by atoms with Crippen LogP contribution in [0.2, 0.25) is 0 Å². The molecule has 2 rings (SSSR count). The molecule has 0 aromatic carbocycles. The number of anilines is 1. The molecule has 0 saturated carbocycles. The van der Waals surface area contributed by atoms with Crippen molar-refractivity contribution in [2.75, 3.05) is 18.6 Å². The Labute approximate surface area is 103 Å². The van der Waals surface area contributed by atoms with Crippen molar-refractivity contribution < 1.29 is 14.6 Å². The maximum Gasteiger partial charge on any atom is 0.305 e. The van der Waals surface area contributed by atoms with Crippen molar-refractivity contribution in [1.29, 1.82) is 0 Å². The molecule has 1 aliphatic rings. The Morgan fingerprint density at radius 1 is 1.72 bits per heavy atom. The predicted molar refractivity (Wildman–Crippen MR) is 64.0 cm³/mol. The summed E-state index contributed by atoms with van der Waals surface area (Å²) in [5.74, 6) is -0.296. The summed E-state index contributed by atoms with van der Waals surface area (Å²) in [7, 11) is 1.40. The van der Waals surface area contributed by atoms with Crippen molar-refractivity contribution in [2.45, 2.75) is 25.3 Å². The van der Waals surface area contributed by atoms with Gasteiger partial charge >= 0.3 is 5.97 Å². The smallest absolute Gasteiger partial charge is 0.305 e. The highest BCUT2D eigenvalue weighted by molar-refractivity contribution is 5.69. The molecule has 1 atom stereocenters. The van der Waals surface area contributed by atoms with Crippen molar-refractivity contribution in [3.05, 3.63) is 16.7 Å². The minimum Gasteiger partial charge on any atom is -0.489 e. The normalized spacial score (nSPS) is 18.9. The average molecular weight is 253 g/mol. The van der Waals surface area contributed by atoms with Gasteiger partial charge in [0, 0.05) is 12.6 Å². The molecule has 0 spiro atoms. The van der Waals surface area contributed by atoms with Gasteiger partial charge in [-0.1, -0.05) is 0 Å². The average Bonchev–Trinajstić information content (AvgIpc) is 2.75. The monoisotopic (exact) mass is 253 g/mol. The molecule has 7 nitrogen and oxygen atoms in total. The van der Waals surface area contributed by atoms with E-state index in [-0.39, 0.29) is 23.8 Å². The van der Waals surface area contributed by atoms with E-state index in [1.54, 1.807) is 0 Å². The van der Waals surface area contributed by atoms with E-state index in [2.05, 4.69) is 9.97 Å². The lowest BCUT2D eigenvalue weighted by molar-refractivity contribution is -0.137. The Morgan fingerprint density at radius 2 is 2.50 bits per heavy atom. The summed E-state index contributed by atoms with van der Waals surface area (Å²) in [6.45, 7) is 0.685. The van der Waals surface area contributed by atoms with Crippen LogP contribution < -0.4 is 15.2 Å². The molecule has 2 heterocycles. The summed E-state index contributed by atoms with van der Waals surface area (Å²) >= 11 is 0. The molecule has 1 fully saturated rings. The first kappa shape index (κ1) is 12.4. The summed E-state index contributed by atoms with van der Waals surface area (Å²) in [6.07, 6.45) is 3.01. The third-order valence-electron chi connectivity index (χ3n) is 3.06. The lowest BCUT2D eigenvalue weighted by atomic mass is 10.1. The molecule has 1 unspecified atom stereocenters. The van der Waals surface area contributed by atoms with E-state index in [9.17, 15) is 9.59 Å². The van der Waals surface area contributed by atoms with E-state index < -0.39 is 5.97 Å². The zero-order valence-corrected chi connectivity index (χ0v) is 10.0. The largest absolute Gasteiger partial charge is 0.489 e. The van der Waals surface area contributed by atoms with E-state index in [1.807, 2.05) is 4.90 Å². The first-order valence-electron chi connectivity index (χ1n) is 5.73. The van der Waals surface area contributed by atoms with Crippen LogP contribution in [0.5, 0.6) is 5.75 Å². The topological polar surface area (TPSA) is 95.5 Å². The van der Waals surface area contributed by atoms with Gasteiger partial charge in [-0.25, -0.2) is 4.98 Å². The van der Waals surface area contributed by atoms with Gasteiger partial charge in [0.1, 0.15) is 0 Å². The maximum absolute atomic E-state index is 11.6. The molecular weight excluding hydrogens is 238 g/mol. The van der Waals surface area contributed by atoms with Crippen molar-refractivity contribution >= 4 is 11.8 Å². The minimum atomic E-state index is -0.851. The van der Waals surface area contributed by atoms with Gasteiger partial charge in [0.05, 0.1) is 19.9 Å². The van der Waals surface area contributed by atoms with Gasteiger partial charge < -0.3 is 19.7 Å². The number of hydrogen-bond acceptors (Lipinski definition) is 5. The number of hydrogen-bond donors (Lipinski definition) is 2. The first-order valence-corrected chi connectivity index (χ1v) is 5.73. The number of ether oxygens (including phenoxy) is 1. The number of methoxy groups -OCH3 is 1. The molecule has 0 aliphatic carbocycles. The van der Waals surface area contributed by atoms with Crippen LogP contribution >= 0.6 is 0 Å². The molecule has 18 heavy (non-hydrogen) atoms. The Morgan fingerprint density at radius 3 is 3.17 bits per heavy atom. The van der Waals surface area contributed by atoms with Crippen LogP contribution in [0.1, 0.15) is 19.3 Å². The zero-order valence-electron chi connectivity index (χ0n) is 10.0. The van der Waals surface area contributed by atoms with Gasteiger partial charge in [0.25, 0.3) is 5.56 Å². The number of nitrogens with one attached hydrogen (secondary N) is 1. The molecule has 0 amide bonds. The second-order valence-electron chi connectivity index (χ2n) is 4.18. The molecule has 1 aliphatic heterocycles. The Kier molecular flexibility index (Phi) is 3.50. The fourth-order valence-corrected chi connectivity index (χ4v) is 2.29. The molecule has 0 bridgehead atoms. The third-order valence-corrected chi connectivity index (χ3v) is 3.06. The molecule has 2 N–H and O–H groups in total. The second-order valence-corrected chi connectivity index (χ2v) is 4.18. The SMILES string of the molecule is COc1c(N2CCCC2CC(=O)O)nc[nH]c1=O. The highest BCUT2D eigenvalue weighted by Gasteiger charge is 2.30. The number of carboxylic acid groups (broad SMARTS) is 1. The van der Waals surface area contributed by atoms with Crippen LogP contribution in [0, 0.1) is 0 Å². The van der Waals surface area contributed by atoms with Crippen molar-refractivity contribution in [1.82, 2.24) is 9.97 Å². The lowest BCUT2D eigenvalue weighted by Crippen LogP contribution is -2.33. The molecule has 1 aromatic heterocycles. The Hall–Kier alpha value is -2.05. The quantitative estimate of drug-likeness (QED) is 0.797.